The van der Waals surface area contributed by atoms with E-state index in [1.807, 2.05) is 13.8 Å². The van der Waals surface area contributed by atoms with Gasteiger partial charge in [-0.2, -0.15) is 0 Å². The van der Waals surface area contributed by atoms with Gasteiger partial charge in [0.25, 0.3) is 0 Å². The Kier molecular flexibility index (Phi) is 8.05. The van der Waals surface area contributed by atoms with Gasteiger partial charge in [0.1, 0.15) is 0 Å². The van der Waals surface area contributed by atoms with Crippen LogP contribution >= 0.6 is 0 Å². The van der Waals surface area contributed by atoms with Gasteiger partial charge in [-0.1, -0.05) is 0 Å². The summed E-state index contributed by atoms with van der Waals surface area (Å²) in [6.07, 6.45) is 0. The van der Waals surface area contributed by atoms with Crippen LogP contribution < -0.4 is 14.8 Å². The average Bonchev–Trinajstić information content (AvgIpc) is 2.55. The molecule has 0 saturated heterocycles. The summed E-state index contributed by atoms with van der Waals surface area (Å²) in [4.78, 5) is 27.6. The third kappa shape index (κ3) is 5.73. The van der Waals surface area contributed by atoms with Crippen LogP contribution in [0.15, 0.2) is 18.2 Å². The smallest absolute Gasteiger partial charge is 0.238 e. The Labute approximate surface area is 143 Å². The van der Waals surface area contributed by atoms with Crippen molar-refractivity contribution in [2.45, 2.75) is 13.8 Å². The van der Waals surface area contributed by atoms with Crippen LogP contribution in [0.1, 0.15) is 13.8 Å². The first-order valence-corrected chi connectivity index (χ1v) is 7.93. The van der Waals surface area contributed by atoms with E-state index in [2.05, 4.69) is 5.32 Å². The SMILES string of the molecule is CCN(CC)C(=O)CN(C)CC(=O)Nc1ccc(OC)c(OC)c1. The van der Waals surface area contributed by atoms with Gasteiger partial charge in [0.2, 0.25) is 11.8 Å². The Balaban J connectivity index is 2.58. The fourth-order valence-electron chi connectivity index (χ4n) is 2.32. The molecule has 1 aromatic rings. The Hall–Kier alpha value is -2.28. The summed E-state index contributed by atoms with van der Waals surface area (Å²) in [6, 6.07) is 5.15. The van der Waals surface area contributed by atoms with Gasteiger partial charge in [-0.3, -0.25) is 14.5 Å². The van der Waals surface area contributed by atoms with Gasteiger partial charge in [0, 0.05) is 24.8 Å². The van der Waals surface area contributed by atoms with Crippen molar-refractivity contribution in [3.05, 3.63) is 18.2 Å². The Morgan fingerprint density at radius 2 is 1.67 bits per heavy atom. The van der Waals surface area contributed by atoms with Crippen molar-refractivity contribution in [1.29, 1.82) is 0 Å². The molecule has 7 heteroatoms. The number of rotatable bonds is 9. The molecule has 0 aliphatic rings. The predicted octanol–water partition coefficient (Wildman–Crippen LogP) is 1.44. The molecule has 24 heavy (non-hydrogen) atoms. The standard InChI is InChI=1S/C17H27N3O4/c1-6-20(7-2)17(22)12-19(3)11-16(21)18-13-8-9-14(23-4)15(10-13)24-5/h8-10H,6-7,11-12H2,1-5H3,(H,18,21). The van der Waals surface area contributed by atoms with E-state index in [1.165, 1.54) is 7.11 Å². The molecule has 1 rings (SSSR count). The number of methoxy groups -OCH3 is 2. The molecule has 0 spiro atoms. The Morgan fingerprint density at radius 1 is 1.04 bits per heavy atom. The van der Waals surface area contributed by atoms with Crippen molar-refractivity contribution in [1.82, 2.24) is 9.80 Å². The van der Waals surface area contributed by atoms with Crippen LogP contribution in [0.2, 0.25) is 0 Å². The molecule has 0 bridgehead atoms. The number of carbonyl (C=O) groups excluding carboxylic acids is 2. The highest BCUT2D eigenvalue weighted by Gasteiger charge is 2.15. The van der Waals surface area contributed by atoms with E-state index in [4.69, 9.17) is 9.47 Å². The van der Waals surface area contributed by atoms with Crippen LogP contribution in [0.5, 0.6) is 11.5 Å². The van der Waals surface area contributed by atoms with Crippen molar-refractivity contribution in [3.8, 4) is 11.5 Å². The second-order valence-electron chi connectivity index (χ2n) is 5.36. The summed E-state index contributed by atoms with van der Waals surface area (Å²) in [6.45, 7) is 5.54. The molecule has 0 atom stereocenters. The lowest BCUT2D eigenvalue weighted by Crippen LogP contribution is -2.41. The molecule has 0 aliphatic carbocycles. The molecule has 1 aromatic carbocycles. The summed E-state index contributed by atoms with van der Waals surface area (Å²) < 4.78 is 10.4. The molecule has 1 N–H and O–H groups in total. The number of hydrogen-bond acceptors (Lipinski definition) is 5. The zero-order valence-electron chi connectivity index (χ0n) is 15.1. The van der Waals surface area contributed by atoms with Crippen molar-refractivity contribution in [3.63, 3.8) is 0 Å². The first-order chi connectivity index (χ1) is 11.4. The van der Waals surface area contributed by atoms with Crippen LogP contribution in [0.3, 0.4) is 0 Å². The highest BCUT2D eigenvalue weighted by atomic mass is 16.5. The minimum absolute atomic E-state index is 0.0152. The lowest BCUT2D eigenvalue weighted by atomic mass is 10.2. The summed E-state index contributed by atoms with van der Waals surface area (Å²) in [5, 5.41) is 2.79. The molecular formula is C17H27N3O4. The number of amides is 2. The summed E-state index contributed by atoms with van der Waals surface area (Å²) in [5.41, 5.74) is 0.612. The lowest BCUT2D eigenvalue weighted by molar-refractivity contribution is -0.132. The molecule has 7 nitrogen and oxygen atoms in total. The summed E-state index contributed by atoms with van der Waals surface area (Å²) in [5.74, 6) is 0.955. The van der Waals surface area contributed by atoms with Gasteiger partial charge in [-0.25, -0.2) is 0 Å². The van der Waals surface area contributed by atoms with E-state index < -0.39 is 0 Å². The van der Waals surface area contributed by atoms with Crippen LogP contribution in [0, 0.1) is 0 Å². The van der Waals surface area contributed by atoms with Crippen molar-refractivity contribution in [2.24, 2.45) is 0 Å². The predicted molar refractivity (Wildman–Crippen MR) is 93.6 cm³/mol. The third-order valence-corrected chi connectivity index (χ3v) is 3.60. The highest BCUT2D eigenvalue weighted by molar-refractivity contribution is 5.93. The van der Waals surface area contributed by atoms with Gasteiger partial charge in [-0.15, -0.1) is 0 Å². The summed E-state index contributed by atoms with van der Waals surface area (Å²) >= 11 is 0. The fraction of sp³-hybridized carbons (Fsp3) is 0.529. The molecule has 0 aromatic heterocycles. The minimum atomic E-state index is -0.197. The van der Waals surface area contributed by atoms with Gasteiger partial charge in [0.05, 0.1) is 27.3 Å². The zero-order chi connectivity index (χ0) is 18.1. The summed E-state index contributed by atoms with van der Waals surface area (Å²) in [7, 11) is 4.84. The van der Waals surface area contributed by atoms with E-state index in [-0.39, 0.29) is 24.9 Å². The molecule has 0 unspecified atom stereocenters. The van der Waals surface area contributed by atoms with Crippen LogP contribution in [0.25, 0.3) is 0 Å². The lowest BCUT2D eigenvalue weighted by Gasteiger charge is -2.22. The van der Waals surface area contributed by atoms with E-state index in [9.17, 15) is 9.59 Å². The van der Waals surface area contributed by atoms with Crippen molar-refractivity contribution < 1.29 is 19.1 Å². The Bertz CT molecular complexity index is 559. The number of carbonyl (C=O) groups is 2. The molecule has 0 heterocycles. The van der Waals surface area contributed by atoms with Gasteiger partial charge < -0.3 is 19.7 Å². The molecule has 0 radical (unpaired) electrons. The molecular weight excluding hydrogens is 310 g/mol. The number of nitrogens with zero attached hydrogens (tertiary/aromatic N) is 2. The van der Waals surface area contributed by atoms with Crippen molar-refractivity contribution in [2.75, 3.05) is 52.8 Å². The monoisotopic (exact) mass is 337 g/mol. The van der Waals surface area contributed by atoms with Crippen LogP contribution in [-0.2, 0) is 9.59 Å². The second kappa shape index (κ2) is 9.77. The fourth-order valence-corrected chi connectivity index (χ4v) is 2.32. The topological polar surface area (TPSA) is 71.1 Å². The average molecular weight is 337 g/mol. The Morgan fingerprint density at radius 3 is 2.21 bits per heavy atom. The first-order valence-electron chi connectivity index (χ1n) is 7.93. The largest absolute Gasteiger partial charge is 0.493 e. The van der Waals surface area contributed by atoms with E-state index in [0.29, 0.717) is 30.3 Å². The maximum absolute atomic E-state index is 12.1. The number of anilines is 1. The second-order valence-corrected chi connectivity index (χ2v) is 5.36. The molecule has 2 amide bonds. The van der Waals surface area contributed by atoms with Crippen LogP contribution in [0.4, 0.5) is 5.69 Å². The maximum Gasteiger partial charge on any atom is 0.238 e. The number of benzene rings is 1. The van der Waals surface area contributed by atoms with Gasteiger partial charge >= 0.3 is 0 Å². The number of nitrogens with one attached hydrogen (secondary N) is 1. The molecule has 0 fully saturated rings. The minimum Gasteiger partial charge on any atom is -0.493 e. The number of ether oxygens (including phenoxy) is 2. The quantitative estimate of drug-likeness (QED) is 0.738. The zero-order valence-corrected chi connectivity index (χ0v) is 15.1. The number of hydrogen-bond donors (Lipinski definition) is 1. The van der Waals surface area contributed by atoms with E-state index in [1.54, 1.807) is 42.2 Å². The van der Waals surface area contributed by atoms with Gasteiger partial charge in [0.15, 0.2) is 11.5 Å². The van der Waals surface area contributed by atoms with Crippen LogP contribution in [-0.4, -0.2) is 69.1 Å². The molecule has 0 aliphatic heterocycles. The molecule has 0 saturated carbocycles. The van der Waals surface area contributed by atoms with E-state index >= 15 is 0 Å². The van der Waals surface area contributed by atoms with Crippen molar-refractivity contribution >= 4 is 17.5 Å². The normalized spacial score (nSPS) is 10.4. The molecule has 134 valence electrons. The van der Waals surface area contributed by atoms with E-state index in [0.717, 1.165) is 0 Å². The maximum atomic E-state index is 12.1. The third-order valence-electron chi connectivity index (χ3n) is 3.60. The van der Waals surface area contributed by atoms with Gasteiger partial charge in [-0.05, 0) is 33.0 Å². The highest BCUT2D eigenvalue weighted by Crippen LogP contribution is 2.29. The number of likely N-dealkylation sites (N-methyl/N-ethyl adjacent to an activating group) is 2. The first kappa shape index (κ1) is 19.8.